The molecule has 1 aromatic heterocycles. The molecule has 0 aliphatic carbocycles. The van der Waals surface area contributed by atoms with Gasteiger partial charge in [0.25, 0.3) is 11.5 Å². The van der Waals surface area contributed by atoms with Crippen molar-refractivity contribution >= 4 is 56.2 Å². The number of benzene rings is 4. The Kier molecular flexibility index (Phi) is 8.76. The molecular weight excluding hydrogens is 608 g/mol. The Morgan fingerprint density at radius 2 is 1.76 bits per heavy atom. The van der Waals surface area contributed by atoms with Crippen LogP contribution in [0.4, 0.5) is 5.69 Å². The summed E-state index contributed by atoms with van der Waals surface area (Å²) in [5.41, 5.74) is 2.29. The fraction of sp³-hybridized carbons (Fsp3) is 0.0968. The lowest BCUT2D eigenvalue weighted by Gasteiger charge is -2.15. The van der Waals surface area contributed by atoms with Crippen LogP contribution in [0.3, 0.4) is 0 Å². The van der Waals surface area contributed by atoms with E-state index in [2.05, 4.69) is 26.3 Å². The first-order valence-corrected chi connectivity index (χ1v) is 13.9. The van der Waals surface area contributed by atoms with Crippen LogP contribution in [0, 0.1) is 0 Å². The summed E-state index contributed by atoms with van der Waals surface area (Å²) in [4.78, 5) is 30.6. The first-order valence-electron chi connectivity index (χ1n) is 12.7. The number of aromatic nitrogens is 2. The third-order valence-corrected chi connectivity index (χ3v) is 6.76. The molecular formula is C31H24BrClN4O4. The van der Waals surface area contributed by atoms with Crippen LogP contribution in [0.2, 0.25) is 5.02 Å². The smallest absolute Gasteiger partial charge is 0.282 e. The molecule has 5 aromatic rings. The highest BCUT2D eigenvalue weighted by Gasteiger charge is 2.15. The van der Waals surface area contributed by atoms with E-state index in [1.165, 1.54) is 4.68 Å². The number of carbonyl (C=O) groups is 1. The average molecular weight is 632 g/mol. The van der Waals surface area contributed by atoms with E-state index in [1.807, 2.05) is 43.3 Å². The standard InChI is InChI=1S/C31H24BrClN4O4/c1-2-40-27-17-20(16-25(32)29(27)41-19-28(38)35-23-14-12-22(33)13-15-23)18-34-37-30(21-8-4-3-5-9-21)36-26-11-7-6-10-24(26)31(37)39/h3-18H,2,19H2,1H3,(H,35,38). The Labute approximate surface area is 249 Å². The van der Waals surface area contributed by atoms with Crippen molar-refractivity contribution in [3.8, 4) is 22.9 Å². The monoisotopic (exact) mass is 630 g/mol. The Bertz CT molecular complexity index is 1790. The van der Waals surface area contributed by atoms with Gasteiger partial charge in [-0.1, -0.05) is 54.1 Å². The van der Waals surface area contributed by atoms with Gasteiger partial charge >= 0.3 is 0 Å². The molecule has 0 aliphatic heterocycles. The van der Waals surface area contributed by atoms with E-state index < -0.39 is 0 Å². The predicted octanol–water partition coefficient (Wildman–Crippen LogP) is 6.78. The van der Waals surface area contributed by atoms with Crippen molar-refractivity contribution in [2.45, 2.75) is 6.92 Å². The van der Waals surface area contributed by atoms with Gasteiger partial charge in [0.2, 0.25) is 0 Å². The molecule has 1 N–H and O–H groups in total. The molecule has 0 radical (unpaired) electrons. The van der Waals surface area contributed by atoms with E-state index >= 15 is 0 Å². The van der Waals surface area contributed by atoms with Gasteiger partial charge in [-0.3, -0.25) is 9.59 Å². The number of nitrogens with zero attached hydrogens (tertiary/aromatic N) is 3. The van der Waals surface area contributed by atoms with Gasteiger partial charge in [0, 0.05) is 16.3 Å². The summed E-state index contributed by atoms with van der Waals surface area (Å²) in [5.74, 6) is 0.852. The fourth-order valence-corrected chi connectivity index (χ4v) is 4.76. The number of nitrogens with one attached hydrogen (secondary N) is 1. The van der Waals surface area contributed by atoms with E-state index in [-0.39, 0.29) is 18.1 Å². The Morgan fingerprint density at radius 3 is 2.51 bits per heavy atom. The second-order valence-corrected chi connectivity index (χ2v) is 10.1. The molecule has 0 unspecified atom stereocenters. The first kappa shape index (κ1) is 28.1. The molecule has 1 amide bonds. The summed E-state index contributed by atoms with van der Waals surface area (Å²) in [6.07, 6.45) is 1.55. The van der Waals surface area contributed by atoms with E-state index in [9.17, 15) is 9.59 Å². The zero-order valence-electron chi connectivity index (χ0n) is 21.9. The molecule has 5 rings (SSSR count). The lowest BCUT2D eigenvalue weighted by Crippen LogP contribution is -2.20. The molecule has 0 aliphatic rings. The number of ether oxygens (including phenoxy) is 2. The number of hydrogen-bond acceptors (Lipinski definition) is 6. The number of para-hydroxylation sites is 1. The highest BCUT2D eigenvalue weighted by Crippen LogP contribution is 2.36. The maximum absolute atomic E-state index is 13.4. The van der Waals surface area contributed by atoms with E-state index in [4.69, 9.17) is 26.1 Å². The van der Waals surface area contributed by atoms with Crippen LogP contribution in [-0.4, -0.2) is 35.0 Å². The molecule has 0 spiro atoms. The number of amides is 1. The van der Waals surface area contributed by atoms with E-state index in [1.54, 1.807) is 60.8 Å². The number of anilines is 1. The Morgan fingerprint density at radius 1 is 1.02 bits per heavy atom. The van der Waals surface area contributed by atoms with Gasteiger partial charge in [-0.15, -0.1) is 0 Å². The third-order valence-electron chi connectivity index (χ3n) is 5.92. The van der Waals surface area contributed by atoms with Crippen molar-refractivity contribution < 1.29 is 14.3 Å². The van der Waals surface area contributed by atoms with Crippen molar-refractivity contribution in [2.24, 2.45) is 5.10 Å². The number of fused-ring (bicyclic) bond motifs is 1. The van der Waals surface area contributed by atoms with Crippen molar-refractivity contribution in [3.63, 3.8) is 0 Å². The zero-order chi connectivity index (χ0) is 28.8. The SMILES string of the molecule is CCOc1cc(C=Nn2c(-c3ccccc3)nc3ccccc3c2=O)cc(Br)c1OCC(=O)Nc1ccc(Cl)cc1. The van der Waals surface area contributed by atoms with Crippen LogP contribution in [0.15, 0.2) is 105 Å². The van der Waals surface area contributed by atoms with Crippen LogP contribution in [0.5, 0.6) is 11.5 Å². The van der Waals surface area contributed by atoms with Gasteiger partial charge in [-0.2, -0.15) is 9.78 Å². The van der Waals surface area contributed by atoms with Gasteiger partial charge in [-0.05, 0) is 76.9 Å². The van der Waals surface area contributed by atoms with Gasteiger partial charge in [0.05, 0.1) is 28.2 Å². The fourth-order valence-electron chi connectivity index (χ4n) is 4.06. The Balaban J connectivity index is 1.44. The third kappa shape index (κ3) is 6.65. The molecule has 0 bridgehead atoms. The van der Waals surface area contributed by atoms with Crippen LogP contribution >= 0.6 is 27.5 Å². The molecule has 0 fully saturated rings. The van der Waals surface area contributed by atoms with Gasteiger partial charge < -0.3 is 14.8 Å². The second kappa shape index (κ2) is 12.8. The molecule has 10 heteroatoms. The highest BCUT2D eigenvalue weighted by molar-refractivity contribution is 9.10. The van der Waals surface area contributed by atoms with Crippen molar-refractivity contribution in [1.29, 1.82) is 0 Å². The summed E-state index contributed by atoms with van der Waals surface area (Å²) in [6.45, 7) is 1.97. The molecule has 206 valence electrons. The summed E-state index contributed by atoms with van der Waals surface area (Å²) in [6, 6.07) is 26.8. The van der Waals surface area contributed by atoms with Gasteiger partial charge in [-0.25, -0.2) is 4.98 Å². The van der Waals surface area contributed by atoms with Gasteiger partial charge in [0.1, 0.15) is 0 Å². The number of halogens is 2. The molecule has 4 aromatic carbocycles. The first-order chi connectivity index (χ1) is 19.9. The number of rotatable bonds is 9. The number of carbonyl (C=O) groups excluding carboxylic acids is 1. The molecule has 1 heterocycles. The lowest BCUT2D eigenvalue weighted by atomic mass is 10.2. The minimum absolute atomic E-state index is 0.243. The molecule has 0 saturated carbocycles. The maximum atomic E-state index is 13.4. The molecule has 0 saturated heterocycles. The predicted molar refractivity (Wildman–Crippen MR) is 165 cm³/mol. The maximum Gasteiger partial charge on any atom is 0.282 e. The molecule has 8 nitrogen and oxygen atoms in total. The van der Waals surface area contributed by atoms with Crippen molar-refractivity contribution in [3.05, 3.63) is 116 Å². The quantitative estimate of drug-likeness (QED) is 0.181. The van der Waals surface area contributed by atoms with Gasteiger partial charge in [0.15, 0.2) is 23.9 Å². The van der Waals surface area contributed by atoms with E-state index in [0.717, 1.165) is 5.56 Å². The topological polar surface area (TPSA) is 94.8 Å². The summed E-state index contributed by atoms with van der Waals surface area (Å²) >= 11 is 9.43. The molecule has 0 atom stereocenters. The second-order valence-electron chi connectivity index (χ2n) is 8.79. The van der Waals surface area contributed by atoms with Crippen LogP contribution in [-0.2, 0) is 4.79 Å². The van der Waals surface area contributed by atoms with Crippen LogP contribution < -0.4 is 20.3 Å². The largest absolute Gasteiger partial charge is 0.490 e. The summed E-state index contributed by atoms with van der Waals surface area (Å²) in [5, 5.41) is 8.32. The lowest BCUT2D eigenvalue weighted by molar-refractivity contribution is -0.118. The zero-order valence-corrected chi connectivity index (χ0v) is 24.2. The molecule has 41 heavy (non-hydrogen) atoms. The Hall–Kier alpha value is -4.47. The van der Waals surface area contributed by atoms with Crippen LogP contribution in [0.25, 0.3) is 22.3 Å². The minimum atomic E-state index is -0.344. The average Bonchev–Trinajstić information content (AvgIpc) is 2.98. The van der Waals surface area contributed by atoms with Crippen molar-refractivity contribution in [1.82, 2.24) is 9.66 Å². The van der Waals surface area contributed by atoms with Crippen molar-refractivity contribution in [2.75, 3.05) is 18.5 Å². The van der Waals surface area contributed by atoms with Crippen LogP contribution in [0.1, 0.15) is 12.5 Å². The highest BCUT2D eigenvalue weighted by atomic mass is 79.9. The minimum Gasteiger partial charge on any atom is -0.490 e. The number of hydrogen-bond donors (Lipinski definition) is 1. The summed E-state index contributed by atoms with van der Waals surface area (Å²) in [7, 11) is 0. The van der Waals surface area contributed by atoms with E-state index in [0.29, 0.717) is 55.6 Å². The normalized spacial score (nSPS) is 11.1. The summed E-state index contributed by atoms with van der Waals surface area (Å²) < 4.78 is 13.5.